The third-order valence-electron chi connectivity index (χ3n) is 2.66. The van der Waals surface area contributed by atoms with Crippen LogP contribution in [0.4, 0.5) is 0 Å². The topological polar surface area (TPSA) is 35.5 Å². The molecule has 0 heterocycles. The fourth-order valence-corrected chi connectivity index (χ4v) is 1.57. The van der Waals surface area contributed by atoms with Crippen molar-refractivity contribution >= 4 is 5.78 Å². The first-order chi connectivity index (χ1) is 7.57. The summed E-state index contributed by atoms with van der Waals surface area (Å²) >= 11 is 0. The minimum absolute atomic E-state index is 0.0871. The average Bonchev–Trinajstić information content (AvgIpc) is 2.24. The van der Waals surface area contributed by atoms with E-state index in [0.717, 1.165) is 22.4 Å². The van der Waals surface area contributed by atoms with Crippen LogP contribution in [0, 0.1) is 13.8 Å². The van der Waals surface area contributed by atoms with E-state index in [2.05, 4.69) is 0 Å². The average molecular weight is 222 g/mol. The van der Waals surface area contributed by atoms with Gasteiger partial charge in [0.2, 0.25) is 0 Å². The Hall–Kier alpha value is -1.35. The molecule has 0 amide bonds. The van der Waals surface area contributed by atoms with E-state index < -0.39 is 0 Å². The highest BCUT2D eigenvalue weighted by Gasteiger charge is 2.09. The van der Waals surface area contributed by atoms with Gasteiger partial charge in [-0.15, -0.1) is 0 Å². The number of carbonyl (C=O) groups excluding carboxylic acids is 1. The Balaban J connectivity index is 2.89. The fourth-order valence-electron chi connectivity index (χ4n) is 1.57. The van der Waals surface area contributed by atoms with Crippen LogP contribution in [-0.4, -0.2) is 26.1 Å². The molecular formula is C13H18O3. The second-order valence-corrected chi connectivity index (χ2v) is 3.76. The van der Waals surface area contributed by atoms with Gasteiger partial charge in [0.15, 0.2) is 5.78 Å². The van der Waals surface area contributed by atoms with Gasteiger partial charge < -0.3 is 9.47 Å². The first-order valence-corrected chi connectivity index (χ1v) is 5.30. The predicted molar refractivity (Wildman–Crippen MR) is 63.3 cm³/mol. The molecule has 1 aromatic carbocycles. The van der Waals surface area contributed by atoms with Gasteiger partial charge in [0.05, 0.1) is 6.61 Å². The summed E-state index contributed by atoms with van der Waals surface area (Å²) in [4.78, 5) is 11.3. The number of carbonyl (C=O) groups is 1. The van der Waals surface area contributed by atoms with Gasteiger partial charge in [-0.2, -0.15) is 0 Å². The minimum atomic E-state index is 0.0871. The maximum Gasteiger partial charge on any atom is 0.160 e. The number of rotatable bonds is 5. The van der Waals surface area contributed by atoms with Gasteiger partial charge in [0.25, 0.3) is 0 Å². The van der Waals surface area contributed by atoms with Crippen molar-refractivity contribution in [2.45, 2.75) is 20.8 Å². The third-order valence-corrected chi connectivity index (χ3v) is 2.66. The number of ketones is 1. The Bertz CT molecular complexity index is 383. The molecule has 0 aromatic heterocycles. The summed E-state index contributed by atoms with van der Waals surface area (Å²) in [5, 5.41) is 0. The lowest BCUT2D eigenvalue weighted by molar-refractivity contribution is 0.101. The summed E-state index contributed by atoms with van der Waals surface area (Å²) in [7, 11) is 1.64. The van der Waals surface area contributed by atoms with Gasteiger partial charge in [-0.25, -0.2) is 0 Å². The molecule has 0 spiro atoms. The van der Waals surface area contributed by atoms with Gasteiger partial charge in [0, 0.05) is 12.7 Å². The van der Waals surface area contributed by atoms with Gasteiger partial charge in [-0.05, 0) is 44.0 Å². The van der Waals surface area contributed by atoms with E-state index >= 15 is 0 Å². The van der Waals surface area contributed by atoms with Crippen LogP contribution in [0.3, 0.4) is 0 Å². The largest absolute Gasteiger partial charge is 0.491 e. The SMILES string of the molecule is COCCOc1ccc(C(C)=O)c(C)c1C. The molecule has 1 rings (SSSR count). The molecule has 0 aliphatic carbocycles. The van der Waals surface area contributed by atoms with Crippen molar-refractivity contribution in [3.63, 3.8) is 0 Å². The van der Waals surface area contributed by atoms with Crippen molar-refractivity contribution in [3.8, 4) is 5.75 Å². The van der Waals surface area contributed by atoms with E-state index in [1.165, 1.54) is 0 Å². The van der Waals surface area contributed by atoms with E-state index in [1.807, 2.05) is 26.0 Å². The maximum atomic E-state index is 11.3. The summed E-state index contributed by atoms with van der Waals surface area (Å²) < 4.78 is 10.5. The second-order valence-electron chi connectivity index (χ2n) is 3.76. The smallest absolute Gasteiger partial charge is 0.160 e. The Morgan fingerprint density at radius 2 is 1.88 bits per heavy atom. The highest BCUT2D eigenvalue weighted by Crippen LogP contribution is 2.24. The number of ether oxygens (including phenoxy) is 2. The van der Waals surface area contributed by atoms with E-state index in [9.17, 15) is 4.79 Å². The molecule has 3 heteroatoms. The van der Waals surface area contributed by atoms with Crippen molar-refractivity contribution in [2.24, 2.45) is 0 Å². The molecule has 0 aliphatic heterocycles. The number of hydrogen-bond donors (Lipinski definition) is 0. The summed E-state index contributed by atoms with van der Waals surface area (Å²) in [6.45, 7) is 6.57. The van der Waals surface area contributed by atoms with Crippen LogP contribution < -0.4 is 4.74 Å². The normalized spacial score (nSPS) is 10.2. The number of Topliss-reactive ketones (excluding diaryl/α,β-unsaturated/α-hetero) is 1. The Morgan fingerprint density at radius 1 is 1.19 bits per heavy atom. The standard InChI is InChI=1S/C13H18O3/c1-9-10(2)13(16-8-7-15-4)6-5-12(9)11(3)14/h5-6H,7-8H2,1-4H3. The van der Waals surface area contributed by atoms with Crippen LogP contribution in [0.2, 0.25) is 0 Å². The first-order valence-electron chi connectivity index (χ1n) is 5.30. The summed E-state index contributed by atoms with van der Waals surface area (Å²) in [6.07, 6.45) is 0. The molecule has 1 aromatic rings. The third kappa shape index (κ3) is 2.83. The minimum Gasteiger partial charge on any atom is -0.491 e. The van der Waals surface area contributed by atoms with E-state index in [-0.39, 0.29) is 5.78 Å². The molecule has 88 valence electrons. The lowest BCUT2D eigenvalue weighted by Gasteiger charge is -2.12. The highest BCUT2D eigenvalue weighted by atomic mass is 16.5. The van der Waals surface area contributed by atoms with Crippen LogP contribution in [0.1, 0.15) is 28.4 Å². The molecule has 0 N–H and O–H groups in total. The van der Waals surface area contributed by atoms with Crippen LogP contribution in [0.5, 0.6) is 5.75 Å². The van der Waals surface area contributed by atoms with Gasteiger partial charge in [-0.3, -0.25) is 4.79 Å². The van der Waals surface area contributed by atoms with E-state index in [4.69, 9.17) is 9.47 Å². The molecule has 16 heavy (non-hydrogen) atoms. The quantitative estimate of drug-likeness (QED) is 0.567. The molecule has 0 bridgehead atoms. The van der Waals surface area contributed by atoms with Gasteiger partial charge in [-0.1, -0.05) is 0 Å². The number of methoxy groups -OCH3 is 1. The van der Waals surface area contributed by atoms with Crippen molar-refractivity contribution in [3.05, 3.63) is 28.8 Å². The lowest BCUT2D eigenvalue weighted by atomic mass is 10.00. The molecule has 0 aliphatic rings. The molecule has 0 unspecified atom stereocenters. The maximum absolute atomic E-state index is 11.3. The molecule has 0 fully saturated rings. The summed E-state index contributed by atoms with van der Waals surface area (Å²) in [5.41, 5.74) is 2.77. The summed E-state index contributed by atoms with van der Waals surface area (Å²) in [5.74, 6) is 0.906. The predicted octanol–water partition coefficient (Wildman–Crippen LogP) is 2.53. The molecule has 0 saturated carbocycles. The molecule has 0 atom stereocenters. The Kier molecular flexibility index (Phi) is 4.50. The van der Waals surface area contributed by atoms with Crippen molar-refractivity contribution in [1.82, 2.24) is 0 Å². The van der Waals surface area contributed by atoms with Crippen molar-refractivity contribution in [1.29, 1.82) is 0 Å². The van der Waals surface area contributed by atoms with Gasteiger partial charge >= 0.3 is 0 Å². The van der Waals surface area contributed by atoms with Crippen LogP contribution in [0.25, 0.3) is 0 Å². The zero-order valence-electron chi connectivity index (χ0n) is 10.3. The fraction of sp³-hybridized carbons (Fsp3) is 0.462. The van der Waals surface area contributed by atoms with E-state index in [0.29, 0.717) is 13.2 Å². The zero-order chi connectivity index (χ0) is 12.1. The second kappa shape index (κ2) is 5.66. The van der Waals surface area contributed by atoms with Crippen LogP contribution >= 0.6 is 0 Å². The Labute approximate surface area is 96.4 Å². The van der Waals surface area contributed by atoms with E-state index in [1.54, 1.807) is 14.0 Å². The van der Waals surface area contributed by atoms with Crippen molar-refractivity contribution < 1.29 is 14.3 Å². The Morgan fingerprint density at radius 3 is 2.44 bits per heavy atom. The number of hydrogen-bond acceptors (Lipinski definition) is 3. The zero-order valence-corrected chi connectivity index (χ0v) is 10.3. The molecule has 3 nitrogen and oxygen atoms in total. The van der Waals surface area contributed by atoms with Gasteiger partial charge in [0.1, 0.15) is 12.4 Å². The van der Waals surface area contributed by atoms with Crippen LogP contribution in [0.15, 0.2) is 12.1 Å². The van der Waals surface area contributed by atoms with Crippen molar-refractivity contribution in [2.75, 3.05) is 20.3 Å². The van der Waals surface area contributed by atoms with Crippen LogP contribution in [-0.2, 0) is 4.74 Å². The monoisotopic (exact) mass is 222 g/mol. The first kappa shape index (κ1) is 12.7. The summed E-state index contributed by atoms with van der Waals surface area (Å²) in [6, 6.07) is 3.65. The molecule has 0 radical (unpaired) electrons. The molecular weight excluding hydrogens is 204 g/mol. The molecule has 0 saturated heterocycles. The number of benzene rings is 1. The lowest BCUT2D eigenvalue weighted by Crippen LogP contribution is -2.07. The highest BCUT2D eigenvalue weighted by molar-refractivity contribution is 5.96.